The van der Waals surface area contributed by atoms with Crippen molar-refractivity contribution in [1.29, 1.82) is 0 Å². The fraction of sp³-hybridized carbons (Fsp3) is 0.136. The molecule has 2 N–H and O–H groups in total. The molecule has 0 radical (unpaired) electrons. The summed E-state index contributed by atoms with van der Waals surface area (Å²) in [5, 5.41) is 4.74. The molecule has 0 aliphatic carbocycles. The predicted molar refractivity (Wildman–Crippen MR) is 107 cm³/mol. The fourth-order valence-corrected chi connectivity index (χ4v) is 3.29. The number of aromatic amines is 1. The molecule has 0 aliphatic rings. The van der Waals surface area contributed by atoms with Crippen molar-refractivity contribution < 1.29 is 18.0 Å². The summed E-state index contributed by atoms with van der Waals surface area (Å²) in [6.45, 7) is 1.49. The molecule has 0 saturated carbocycles. The van der Waals surface area contributed by atoms with Crippen molar-refractivity contribution >= 4 is 17.2 Å². The van der Waals surface area contributed by atoms with E-state index in [1.165, 1.54) is 25.1 Å². The lowest BCUT2D eigenvalue weighted by Gasteiger charge is -2.08. The molecule has 31 heavy (non-hydrogen) atoms. The zero-order chi connectivity index (χ0) is 22.2. The van der Waals surface area contributed by atoms with Crippen LogP contribution < -0.4 is 10.9 Å². The fourth-order valence-electron chi connectivity index (χ4n) is 3.29. The van der Waals surface area contributed by atoms with Gasteiger partial charge in [0.15, 0.2) is 5.65 Å². The molecular formula is C22H15F3N4O2. The quantitative estimate of drug-likeness (QED) is 0.523. The van der Waals surface area contributed by atoms with E-state index in [9.17, 15) is 22.8 Å². The number of aryl methyl sites for hydroxylation is 1. The molecule has 0 bridgehead atoms. The van der Waals surface area contributed by atoms with E-state index in [0.717, 1.165) is 4.52 Å². The Morgan fingerprint density at radius 2 is 1.94 bits per heavy atom. The number of amides is 1. The number of alkyl halides is 3. The zero-order valence-corrected chi connectivity index (χ0v) is 16.2. The van der Waals surface area contributed by atoms with Gasteiger partial charge in [-0.05, 0) is 24.6 Å². The minimum absolute atomic E-state index is 0.00365. The van der Waals surface area contributed by atoms with Crippen LogP contribution in [0, 0.1) is 19.1 Å². The van der Waals surface area contributed by atoms with Gasteiger partial charge in [-0.2, -0.15) is 13.2 Å². The van der Waals surface area contributed by atoms with E-state index >= 15 is 0 Å². The molecule has 0 spiro atoms. The van der Waals surface area contributed by atoms with Crippen LogP contribution in [0.1, 0.15) is 17.0 Å². The number of rotatable bonds is 4. The summed E-state index contributed by atoms with van der Waals surface area (Å²) in [6.07, 6.45) is -5.09. The second-order valence-corrected chi connectivity index (χ2v) is 6.81. The zero-order valence-electron chi connectivity index (χ0n) is 16.2. The Kier molecular flexibility index (Phi) is 4.99. The summed E-state index contributed by atoms with van der Waals surface area (Å²) in [5.74, 6) is -0.507. The number of nitrogens with one attached hydrogen (secondary N) is 2. The summed E-state index contributed by atoms with van der Waals surface area (Å²) in [7, 11) is 0. The van der Waals surface area contributed by atoms with Crippen LogP contribution in [0.15, 0.2) is 53.3 Å². The second kappa shape index (κ2) is 7.65. The first-order valence-electron chi connectivity index (χ1n) is 9.20. The molecule has 0 unspecified atom stereocenters. The SMILES string of the molecule is Cc1nc2c(-c3ccccc3)c(C(F)(F)F)[nH]n2c(=O)c1CC(=O)Nc1cc#ccc1. The van der Waals surface area contributed by atoms with Gasteiger partial charge in [0.1, 0.15) is 5.69 Å². The van der Waals surface area contributed by atoms with Gasteiger partial charge in [0.05, 0.1) is 12.0 Å². The average molecular weight is 424 g/mol. The lowest BCUT2D eigenvalue weighted by atomic mass is 10.1. The Labute approximate surface area is 174 Å². The van der Waals surface area contributed by atoms with Crippen molar-refractivity contribution in [2.45, 2.75) is 19.5 Å². The number of hydrogen-bond acceptors (Lipinski definition) is 3. The molecule has 4 aromatic rings. The Bertz CT molecular complexity index is 1310. The van der Waals surface area contributed by atoms with E-state index in [-0.39, 0.29) is 34.5 Å². The van der Waals surface area contributed by atoms with E-state index in [2.05, 4.69) is 27.5 Å². The summed E-state index contributed by atoms with van der Waals surface area (Å²) >= 11 is 0. The maximum atomic E-state index is 13.7. The number of hydrogen-bond donors (Lipinski definition) is 2. The number of carbonyl (C=O) groups is 1. The Morgan fingerprint density at radius 3 is 2.58 bits per heavy atom. The van der Waals surface area contributed by atoms with Gasteiger partial charge in [-0.3, -0.25) is 14.7 Å². The van der Waals surface area contributed by atoms with E-state index in [4.69, 9.17) is 0 Å². The van der Waals surface area contributed by atoms with Crippen LogP contribution in [0.25, 0.3) is 16.8 Å². The van der Waals surface area contributed by atoms with E-state index in [1.807, 2.05) is 0 Å². The molecule has 0 atom stereocenters. The first-order chi connectivity index (χ1) is 14.8. The van der Waals surface area contributed by atoms with Gasteiger partial charge in [-0.15, -0.1) is 0 Å². The molecule has 1 amide bonds. The minimum atomic E-state index is -4.74. The van der Waals surface area contributed by atoms with Gasteiger partial charge < -0.3 is 5.32 Å². The number of benzene rings is 1. The summed E-state index contributed by atoms with van der Waals surface area (Å²) < 4.78 is 41.9. The minimum Gasteiger partial charge on any atom is -0.325 e. The van der Waals surface area contributed by atoms with Gasteiger partial charge in [-0.1, -0.05) is 42.5 Å². The maximum Gasteiger partial charge on any atom is 0.433 e. The molecule has 0 aliphatic heterocycles. The molecule has 0 fully saturated rings. The van der Waals surface area contributed by atoms with E-state index < -0.39 is 23.3 Å². The largest absolute Gasteiger partial charge is 0.433 e. The Hall–Kier alpha value is -4.06. The molecule has 6 nitrogen and oxygen atoms in total. The standard InChI is InChI=1S/C22H15F3N4O2/c1-13-16(12-17(30)27-15-10-6-3-7-11-15)21(31)29-20(26-13)18(14-8-4-2-5-9-14)19(28-29)22(23,24)25/h2,4-6,8-11,28H,12H2,1H3,(H,27,30). The van der Waals surface area contributed by atoms with Crippen molar-refractivity contribution in [1.82, 2.24) is 14.6 Å². The highest BCUT2D eigenvalue weighted by molar-refractivity contribution is 5.92. The van der Waals surface area contributed by atoms with Crippen LogP contribution >= 0.6 is 0 Å². The monoisotopic (exact) mass is 424 g/mol. The maximum absolute atomic E-state index is 13.7. The van der Waals surface area contributed by atoms with Crippen molar-refractivity contribution in [3.8, 4) is 11.1 Å². The van der Waals surface area contributed by atoms with Crippen LogP contribution in [-0.2, 0) is 17.4 Å². The van der Waals surface area contributed by atoms with Crippen molar-refractivity contribution in [3.63, 3.8) is 0 Å². The second-order valence-electron chi connectivity index (χ2n) is 6.81. The van der Waals surface area contributed by atoms with Crippen LogP contribution in [-0.4, -0.2) is 20.5 Å². The molecular weight excluding hydrogens is 409 g/mol. The van der Waals surface area contributed by atoms with Crippen LogP contribution in [0.4, 0.5) is 18.9 Å². The first kappa shape index (κ1) is 20.2. The highest BCUT2D eigenvalue weighted by Gasteiger charge is 2.38. The molecule has 2 heterocycles. The normalized spacial score (nSPS) is 11.4. The summed E-state index contributed by atoms with van der Waals surface area (Å²) in [4.78, 5) is 29.6. The predicted octanol–water partition coefficient (Wildman–Crippen LogP) is 3.80. The Balaban J connectivity index is 1.82. The highest BCUT2D eigenvalue weighted by Crippen LogP contribution is 2.38. The number of aromatic nitrogens is 3. The lowest BCUT2D eigenvalue weighted by Crippen LogP contribution is -2.26. The van der Waals surface area contributed by atoms with Crippen molar-refractivity contribution in [3.05, 3.63) is 88.0 Å². The summed E-state index contributed by atoms with van der Waals surface area (Å²) in [6, 6.07) is 17.9. The third kappa shape index (κ3) is 3.88. The van der Waals surface area contributed by atoms with Gasteiger partial charge in [0, 0.05) is 23.0 Å². The molecule has 4 rings (SSSR count). The van der Waals surface area contributed by atoms with Crippen molar-refractivity contribution in [2.24, 2.45) is 0 Å². The van der Waals surface area contributed by atoms with Crippen LogP contribution in [0.2, 0.25) is 0 Å². The topological polar surface area (TPSA) is 79.3 Å². The van der Waals surface area contributed by atoms with Gasteiger partial charge in [0.25, 0.3) is 5.56 Å². The van der Waals surface area contributed by atoms with E-state index in [0.29, 0.717) is 5.69 Å². The number of nitrogens with zero attached hydrogens (tertiary/aromatic N) is 2. The molecule has 2 aromatic carbocycles. The third-order valence-electron chi connectivity index (χ3n) is 4.70. The number of halogens is 3. The number of carbonyl (C=O) groups excluding carboxylic acids is 1. The van der Waals surface area contributed by atoms with Crippen molar-refractivity contribution in [2.75, 3.05) is 5.32 Å². The number of anilines is 1. The van der Waals surface area contributed by atoms with Gasteiger partial charge >= 0.3 is 6.18 Å². The number of fused-ring (bicyclic) bond motifs is 1. The molecule has 0 saturated heterocycles. The number of H-pyrrole nitrogens is 1. The average Bonchev–Trinajstić information content (AvgIpc) is 3.12. The molecule has 156 valence electrons. The molecule has 2 aromatic heterocycles. The Morgan fingerprint density at radius 1 is 1.19 bits per heavy atom. The summed E-state index contributed by atoms with van der Waals surface area (Å²) in [5.41, 5.74) is -1.32. The third-order valence-corrected chi connectivity index (χ3v) is 4.70. The van der Waals surface area contributed by atoms with Gasteiger partial charge in [0.2, 0.25) is 5.91 Å². The van der Waals surface area contributed by atoms with Gasteiger partial charge in [-0.25, -0.2) is 9.50 Å². The highest BCUT2D eigenvalue weighted by atomic mass is 19.4. The van der Waals surface area contributed by atoms with E-state index in [1.54, 1.807) is 30.3 Å². The smallest absolute Gasteiger partial charge is 0.325 e. The molecule has 9 heteroatoms. The first-order valence-corrected chi connectivity index (χ1v) is 9.20. The van der Waals surface area contributed by atoms with Crippen LogP contribution in [0.5, 0.6) is 0 Å². The van der Waals surface area contributed by atoms with Crippen LogP contribution in [0.3, 0.4) is 0 Å². The lowest BCUT2D eigenvalue weighted by molar-refractivity contribution is -0.140.